The highest BCUT2D eigenvalue weighted by Gasteiger charge is 2.24. The Balaban J connectivity index is 1.72. The molecule has 2 N–H and O–H groups in total. The predicted molar refractivity (Wildman–Crippen MR) is 82.6 cm³/mol. The number of hydrogen-bond donors (Lipinski definition) is 2. The molecule has 0 saturated carbocycles. The van der Waals surface area contributed by atoms with E-state index >= 15 is 0 Å². The number of benzene rings is 1. The molecular formula is C14H15NO3S2. The third-order valence-corrected chi connectivity index (χ3v) is 5.72. The molecule has 0 amide bonds. The number of nitrogens with zero attached hydrogens (tertiary/aromatic N) is 1. The van der Waals surface area contributed by atoms with Crippen molar-refractivity contribution in [3.05, 3.63) is 45.3 Å². The van der Waals surface area contributed by atoms with Crippen LogP contribution in [0.3, 0.4) is 0 Å². The zero-order valence-electron chi connectivity index (χ0n) is 10.9. The van der Waals surface area contributed by atoms with E-state index < -0.39 is 10.6 Å². The molecule has 1 aliphatic heterocycles. The van der Waals surface area contributed by atoms with Crippen molar-refractivity contribution >= 4 is 28.0 Å². The summed E-state index contributed by atoms with van der Waals surface area (Å²) < 4.78 is 25.5. The molecule has 0 radical (unpaired) electrons. The van der Waals surface area contributed by atoms with Crippen LogP contribution in [0.2, 0.25) is 0 Å². The van der Waals surface area contributed by atoms with Crippen LogP contribution in [0.15, 0.2) is 34.0 Å². The lowest BCUT2D eigenvalue weighted by atomic mass is 10.2. The highest BCUT2D eigenvalue weighted by Crippen LogP contribution is 2.57. The fourth-order valence-electron chi connectivity index (χ4n) is 2.13. The van der Waals surface area contributed by atoms with Gasteiger partial charge in [-0.1, -0.05) is 6.07 Å². The Morgan fingerprint density at radius 3 is 2.95 bits per heavy atom. The maximum absolute atomic E-state index is 9.87. The molecule has 20 heavy (non-hydrogen) atoms. The van der Waals surface area contributed by atoms with Crippen molar-refractivity contribution in [1.29, 1.82) is 0 Å². The molecule has 1 aliphatic rings. The molecule has 0 spiro atoms. The first-order valence-corrected chi connectivity index (χ1v) is 8.68. The number of ether oxygens (including phenoxy) is 1. The predicted octanol–water partition coefficient (Wildman–Crippen LogP) is 4.17. The van der Waals surface area contributed by atoms with Gasteiger partial charge in [0, 0.05) is 22.3 Å². The first-order chi connectivity index (χ1) is 9.58. The molecule has 1 aromatic carbocycles. The van der Waals surface area contributed by atoms with Gasteiger partial charge in [0.2, 0.25) is 0 Å². The van der Waals surface area contributed by atoms with Gasteiger partial charge >= 0.3 is 0 Å². The van der Waals surface area contributed by atoms with Gasteiger partial charge in [-0.05, 0) is 25.1 Å². The summed E-state index contributed by atoms with van der Waals surface area (Å²) in [6, 6.07) is 5.36. The van der Waals surface area contributed by atoms with Gasteiger partial charge in [-0.15, -0.1) is 21.9 Å². The summed E-state index contributed by atoms with van der Waals surface area (Å²) in [6.07, 6.45) is 2.53. The van der Waals surface area contributed by atoms with E-state index in [1.165, 1.54) is 10.3 Å². The van der Waals surface area contributed by atoms with Gasteiger partial charge in [-0.3, -0.25) is 9.11 Å². The number of thiazole rings is 1. The second-order valence-corrected chi connectivity index (χ2v) is 7.36. The van der Waals surface area contributed by atoms with Crippen LogP contribution in [-0.2, 0) is 6.42 Å². The molecule has 6 heteroatoms. The average molecular weight is 309 g/mol. The van der Waals surface area contributed by atoms with Gasteiger partial charge in [0.05, 0.1) is 22.7 Å². The zero-order chi connectivity index (χ0) is 14.2. The molecule has 0 fully saturated rings. The second kappa shape index (κ2) is 5.21. The van der Waals surface area contributed by atoms with E-state index in [2.05, 4.69) is 4.98 Å². The average Bonchev–Trinajstić information content (AvgIpc) is 2.95. The lowest BCUT2D eigenvalue weighted by Gasteiger charge is -2.25. The second-order valence-electron chi connectivity index (χ2n) is 4.52. The minimum Gasteiger partial charge on any atom is -0.493 e. The summed E-state index contributed by atoms with van der Waals surface area (Å²) in [5.41, 5.74) is 3.66. The SMILES string of the molecule is Cc1ncsc1CCOc1cccc2c1C=CS2(O)O. The topological polar surface area (TPSA) is 62.6 Å². The fraction of sp³-hybridized carbons (Fsp3) is 0.214. The first kappa shape index (κ1) is 13.6. The maximum Gasteiger partial charge on any atom is 0.128 e. The van der Waals surface area contributed by atoms with Crippen LogP contribution in [0.1, 0.15) is 16.1 Å². The Morgan fingerprint density at radius 1 is 1.35 bits per heavy atom. The van der Waals surface area contributed by atoms with Gasteiger partial charge in [-0.25, -0.2) is 4.98 Å². The van der Waals surface area contributed by atoms with E-state index in [0.29, 0.717) is 17.3 Å². The van der Waals surface area contributed by atoms with Gasteiger partial charge < -0.3 is 4.74 Å². The Bertz CT molecular complexity index is 664. The fourth-order valence-corrected chi connectivity index (χ4v) is 4.14. The number of aromatic nitrogens is 1. The van der Waals surface area contributed by atoms with Crippen molar-refractivity contribution in [1.82, 2.24) is 4.98 Å². The van der Waals surface area contributed by atoms with Gasteiger partial charge in [0.25, 0.3) is 0 Å². The lowest BCUT2D eigenvalue weighted by Crippen LogP contribution is -2.03. The van der Waals surface area contributed by atoms with Crippen LogP contribution < -0.4 is 4.74 Å². The van der Waals surface area contributed by atoms with Crippen molar-refractivity contribution < 1.29 is 13.8 Å². The summed E-state index contributed by atoms with van der Waals surface area (Å²) in [6.45, 7) is 2.54. The molecule has 1 aromatic heterocycles. The highest BCUT2D eigenvalue weighted by atomic mass is 32.3. The first-order valence-electron chi connectivity index (χ1n) is 6.19. The van der Waals surface area contributed by atoms with Gasteiger partial charge in [0.1, 0.15) is 5.75 Å². The van der Waals surface area contributed by atoms with Crippen LogP contribution in [0.4, 0.5) is 0 Å². The summed E-state index contributed by atoms with van der Waals surface area (Å²) >= 11 is 1.63. The largest absolute Gasteiger partial charge is 0.493 e. The molecule has 2 heterocycles. The Morgan fingerprint density at radius 2 is 2.20 bits per heavy atom. The van der Waals surface area contributed by atoms with Gasteiger partial charge in [-0.2, -0.15) is 0 Å². The molecule has 0 unspecified atom stereocenters. The van der Waals surface area contributed by atoms with E-state index in [1.54, 1.807) is 29.5 Å². The standard InChI is InChI=1S/C14H15NO3S2/c1-10-13(19-9-15-10)5-7-18-12-3-2-4-14-11(12)6-8-20(14,16)17/h2-4,6,8-9,16-17H,5,7H2,1H3. The molecule has 4 nitrogen and oxygen atoms in total. The smallest absolute Gasteiger partial charge is 0.128 e. The molecule has 0 bridgehead atoms. The Kier molecular flexibility index (Phi) is 3.55. The van der Waals surface area contributed by atoms with Crippen molar-refractivity contribution in [2.45, 2.75) is 18.2 Å². The molecule has 0 aliphatic carbocycles. The van der Waals surface area contributed by atoms with E-state index in [1.807, 2.05) is 18.5 Å². The summed E-state index contributed by atoms with van der Waals surface area (Å²) in [5, 5.41) is 1.44. The number of hydrogen-bond acceptors (Lipinski definition) is 5. The number of aryl methyl sites for hydroxylation is 1. The molecule has 0 saturated heterocycles. The minimum absolute atomic E-state index is 0.545. The normalized spacial score (nSPS) is 16.9. The van der Waals surface area contributed by atoms with Crippen molar-refractivity contribution in [3.8, 4) is 5.75 Å². The third kappa shape index (κ3) is 2.47. The molecular weight excluding hydrogens is 294 g/mol. The van der Waals surface area contributed by atoms with Crippen LogP contribution in [-0.4, -0.2) is 20.7 Å². The maximum atomic E-state index is 9.87. The molecule has 0 atom stereocenters. The minimum atomic E-state index is -2.77. The van der Waals surface area contributed by atoms with E-state index in [-0.39, 0.29) is 0 Å². The van der Waals surface area contributed by atoms with Crippen LogP contribution in [0.5, 0.6) is 5.75 Å². The molecule has 3 rings (SSSR count). The van der Waals surface area contributed by atoms with E-state index in [0.717, 1.165) is 17.7 Å². The number of rotatable bonds is 4. The van der Waals surface area contributed by atoms with Crippen molar-refractivity contribution in [2.75, 3.05) is 6.61 Å². The highest BCUT2D eigenvalue weighted by molar-refractivity contribution is 8.27. The summed E-state index contributed by atoms with van der Waals surface area (Å²) in [7, 11) is -2.77. The lowest BCUT2D eigenvalue weighted by molar-refractivity contribution is 0.321. The monoisotopic (exact) mass is 309 g/mol. The van der Waals surface area contributed by atoms with E-state index in [4.69, 9.17) is 4.74 Å². The van der Waals surface area contributed by atoms with Crippen LogP contribution in [0.25, 0.3) is 6.08 Å². The number of fused-ring (bicyclic) bond motifs is 1. The zero-order valence-corrected chi connectivity index (χ0v) is 12.6. The summed E-state index contributed by atoms with van der Waals surface area (Å²) in [4.78, 5) is 5.97. The quantitative estimate of drug-likeness (QED) is 0.890. The van der Waals surface area contributed by atoms with Gasteiger partial charge in [0.15, 0.2) is 0 Å². The third-order valence-electron chi connectivity index (χ3n) is 3.21. The van der Waals surface area contributed by atoms with Crippen molar-refractivity contribution in [3.63, 3.8) is 0 Å². The van der Waals surface area contributed by atoms with Crippen molar-refractivity contribution in [2.24, 2.45) is 0 Å². The molecule has 2 aromatic rings. The van der Waals surface area contributed by atoms with Crippen LogP contribution >= 0.6 is 21.9 Å². The Hall–Kier alpha value is -1.34. The summed E-state index contributed by atoms with van der Waals surface area (Å²) in [5.74, 6) is 0.693. The molecule has 106 valence electrons. The van der Waals surface area contributed by atoms with E-state index in [9.17, 15) is 9.11 Å². The van der Waals surface area contributed by atoms with Crippen LogP contribution in [0, 0.1) is 6.92 Å². The Labute approximate surface area is 123 Å².